The fourth-order valence-electron chi connectivity index (χ4n) is 7.76. The minimum Gasteiger partial charge on any atom is -0.497 e. The number of likely N-dealkylation sites (tertiary alicyclic amines) is 2. The van der Waals surface area contributed by atoms with Crippen molar-refractivity contribution in [3.05, 3.63) is 77.1 Å². The fraction of sp³-hybridized carbons (Fsp3) is 0.459. The van der Waals surface area contributed by atoms with Crippen LogP contribution in [0.1, 0.15) is 55.2 Å². The molecule has 11 nitrogen and oxygen atoms in total. The first-order chi connectivity index (χ1) is 24.0. The molecule has 0 aliphatic carbocycles. The smallest absolute Gasteiger partial charge is 0.274 e. The number of fused-ring (bicyclic) bond motifs is 1. The van der Waals surface area contributed by atoms with Crippen LogP contribution in [0.15, 0.2) is 59.5 Å². The second-order valence-electron chi connectivity index (χ2n) is 13.3. The Morgan fingerprint density at radius 3 is 2.26 bits per heavy atom. The molecule has 2 amide bonds. The Hall–Kier alpha value is -4.20. The molecule has 0 bridgehead atoms. The van der Waals surface area contributed by atoms with Gasteiger partial charge < -0.3 is 19.1 Å². The first-order valence-electron chi connectivity index (χ1n) is 17.0. The number of carbonyl (C=O) groups is 2. The highest BCUT2D eigenvalue weighted by Gasteiger charge is 2.63. The average molecular weight is 709 g/mol. The quantitative estimate of drug-likeness (QED) is 0.295. The first kappa shape index (κ1) is 35.6. The van der Waals surface area contributed by atoms with Crippen LogP contribution in [0.25, 0.3) is 0 Å². The summed E-state index contributed by atoms with van der Waals surface area (Å²) in [5.41, 5.74) is -0.614. The maximum absolute atomic E-state index is 15.7. The van der Waals surface area contributed by atoms with Crippen LogP contribution in [-0.4, -0.2) is 96.0 Å². The summed E-state index contributed by atoms with van der Waals surface area (Å²) in [5.74, 6) is -1.10. The number of piperidine rings is 2. The predicted octanol–water partition coefficient (Wildman–Crippen LogP) is 4.76. The van der Waals surface area contributed by atoms with Crippen LogP contribution in [0, 0.1) is 5.82 Å². The summed E-state index contributed by atoms with van der Waals surface area (Å²) in [7, 11) is 2.87. The standard InChI is InChI=1S/C37H45FN4O7S/c1-39(2)35(43)31-11-7-10-20-41(31)37(29-21-25(12-16-32(29)48-4)24-40-18-8-6-9-19-40)28-22-26(38)13-15-30(28)42(36(37)44)50(45,46)34-17-14-27(47-3)23-33(34)49-5/h12-17,21-23,31H,6-11,18-20,24H2,1-5H3/t31-,37?/m0/s1. The minimum absolute atomic E-state index is 0.0145. The van der Waals surface area contributed by atoms with Crippen LogP contribution in [0.2, 0.25) is 0 Å². The molecule has 268 valence electrons. The number of likely N-dealkylation sites (N-methyl/N-ethyl adjacent to an activating group) is 1. The van der Waals surface area contributed by atoms with Gasteiger partial charge in [0.15, 0.2) is 5.54 Å². The Balaban J connectivity index is 1.65. The molecule has 50 heavy (non-hydrogen) atoms. The lowest BCUT2D eigenvalue weighted by atomic mass is 9.78. The van der Waals surface area contributed by atoms with E-state index in [1.807, 2.05) is 12.1 Å². The van der Waals surface area contributed by atoms with Crippen molar-refractivity contribution in [3.8, 4) is 17.2 Å². The van der Waals surface area contributed by atoms with Crippen LogP contribution >= 0.6 is 0 Å². The molecule has 3 heterocycles. The molecular weight excluding hydrogens is 663 g/mol. The third-order valence-corrected chi connectivity index (χ3v) is 11.9. The van der Waals surface area contributed by atoms with Gasteiger partial charge in [0.2, 0.25) is 5.91 Å². The van der Waals surface area contributed by atoms with E-state index in [0.717, 1.165) is 48.3 Å². The molecule has 2 saturated heterocycles. The van der Waals surface area contributed by atoms with Crippen molar-refractivity contribution in [1.29, 1.82) is 0 Å². The van der Waals surface area contributed by atoms with Crippen molar-refractivity contribution in [2.75, 3.05) is 59.4 Å². The number of hydrogen-bond acceptors (Lipinski definition) is 9. The molecule has 13 heteroatoms. The van der Waals surface area contributed by atoms with E-state index in [9.17, 15) is 13.2 Å². The maximum Gasteiger partial charge on any atom is 0.274 e. The van der Waals surface area contributed by atoms with Crippen LogP contribution in [0.4, 0.5) is 10.1 Å². The topological polar surface area (TPSA) is 109 Å². The summed E-state index contributed by atoms with van der Waals surface area (Å²) in [5, 5.41) is 0. The molecule has 3 aromatic rings. The molecule has 3 aromatic carbocycles. The molecule has 2 fully saturated rings. The molecule has 0 spiro atoms. The van der Waals surface area contributed by atoms with Gasteiger partial charge in [0.05, 0.1) is 33.1 Å². The number of anilines is 1. The summed E-state index contributed by atoms with van der Waals surface area (Å²) < 4.78 is 62.7. The molecular formula is C37H45FN4O7S. The van der Waals surface area contributed by atoms with Crippen LogP contribution in [0.3, 0.4) is 0 Å². The number of sulfonamides is 1. The number of carbonyl (C=O) groups excluding carboxylic acids is 2. The maximum atomic E-state index is 15.7. The SMILES string of the molecule is COc1ccc(S(=O)(=O)N2C(=O)C(c3cc(CN4CCCCC4)ccc3OC)(N3CCCC[C@H]3C(=O)N(C)C)c3cc(F)ccc32)c(OC)c1. The Kier molecular flexibility index (Phi) is 10.1. The van der Waals surface area contributed by atoms with Crippen molar-refractivity contribution in [3.63, 3.8) is 0 Å². The first-order valence-corrected chi connectivity index (χ1v) is 18.4. The van der Waals surface area contributed by atoms with Gasteiger partial charge in [0.25, 0.3) is 15.9 Å². The molecule has 1 unspecified atom stereocenters. The van der Waals surface area contributed by atoms with Gasteiger partial charge in [-0.25, -0.2) is 17.1 Å². The lowest BCUT2D eigenvalue weighted by molar-refractivity contribution is -0.142. The molecule has 0 N–H and O–H groups in total. The van der Waals surface area contributed by atoms with E-state index >= 15 is 9.18 Å². The molecule has 0 saturated carbocycles. The molecule has 6 rings (SSSR count). The number of halogens is 1. The van der Waals surface area contributed by atoms with Crippen molar-refractivity contribution in [1.82, 2.24) is 14.7 Å². The average Bonchev–Trinajstić information content (AvgIpc) is 3.39. The summed E-state index contributed by atoms with van der Waals surface area (Å²) in [4.78, 5) is 35.0. The third kappa shape index (κ3) is 5.98. The summed E-state index contributed by atoms with van der Waals surface area (Å²) >= 11 is 0. The second kappa shape index (κ2) is 14.2. The Bertz CT molecular complexity index is 1880. The fourth-order valence-corrected chi connectivity index (χ4v) is 9.37. The van der Waals surface area contributed by atoms with Gasteiger partial charge in [0.1, 0.15) is 28.0 Å². The minimum atomic E-state index is -4.70. The predicted molar refractivity (Wildman–Crippen MR) is 187 cm³/mol. The number of rotatable bonds is 10. The van der Waals surface area contributed by atoms with E-state index in [1.54, 1.807) is 25.1 Å². The zero-order chi connectivity index (χ0) is 35.8. The van der Waals surface area contributed by atoms with E-state index in [-0.39, 0.29) is 34.3 Å². The summed E-state index contributed by atoms with van der Waals surface area (Å²) in [6.07, 6.45) is 5.11. The van der Waals surface area contributed by atoms with Gasteiger partial charge in [-0.1, -0.05) is 18.9 Å². The van der Waals surface area contributed by atoms with E-state index in [1.165, 1.54) is 63.0 Å². The zero-order valence-electron chi connectivity index (χ0n) is 29.3. The molecule has 3 aliphatic heterocycles. The lowest BCUT2D eigenvalue weighted by Gasteiger charge is -2.47. The third-order valence-electron chi connectivity index (χ3n) is 10.1. The highest BCUT2D eigenvalue weighted by molar-refractivity contribution is 7.93. The molecule has 3 aliphatic rings. The van der Waals surface area contributed by atoms with Gasteiger partial charge in [-0.15, -0.1) is 0 Å². The number of ether oxygens (including phenoxy) is 3. The molecule has 0 aromatic heterocycles. The lowest BCUT2D eigenvalue weighted by Crippen LogP contribution is -2.62. The number of nitrogens with zero attached hydrogens (tertiary/aromatic N) is 4. The Labute approximate surface area is 293 Å². The second-order valence-corrected chi connectivity index (χ2v) is 15.0. The summed E-state index contributed by atoms with van der Waals surface area (Å²) in [6, 6.07) is 12.7. The highest BCUT2D eigenvalue weighted by atomic mass is 32.2. The number of benzene rings is 3. The normalized spacial score (nSPS) is 21.5. The van der Waals surface area contributed by atoms with Crippen molar-refractivity contribution in [2.24, 2.45) is 0 Å². The number of amides is 2. The van der Waals surface area contributed by atoms with E-state index in [2.05, 4.69) is 4.90 Å². The van der Waals surface area contributed by atoms with Gasteiger partial charge >= 0.3 is 0 Å². The van der Waals surface area contributed by atoms with Gasteiger partial charge in [0, 0.05) is 44.4 Å². The largest absolute Gasteiger partial charge is 0.497 e. The Morgan fingerprint density at radius 2 is 1.58 bits per heavy atom. The van der Waals surface area contributed by atoms with E-state index < -0.39 is 33.3 Å². The van der Waals surface area contributed by atoms with Crippen molar-refractivity contribution < 1.29 is 36.6 Å². The van der Waals surface area contributed by atoms with Gasteiger partial charge in [-0.3, -0.25) is 19.4 Å². The van der Waals surface area contributed by atoms with E-state index in [0.29, 0.717) is 36.4 Å². The summed E-state index contributed by atoms with van der Waals surface area (Å²) in [6.45, 7) is 2.73. The van der Waals surface area contributed by atoms with Crippen molar-refractivity contribution in [2.45, 2.75) is 61.5 Å². The highest BCUT2D eigenvalue weighted by Crippen LogP contribution is 2.55. The van der Waals surface area contributed by atoms with Crippen LogP contribution in [0.5, 0.6) is 17.2 Å². The monoisotopic (exact) mass is 708 g/mol. The molecule has 0 radical (unpaired) electrons. The number of hydrogen-bond donors (Lipinski definition) is 0. The number of methoxy groups -OCH3 is 3. The Morgan fingerprint density at radius 1 is 0.860 bits per heavy atom. The van der Waals surface area contributed by atoms with Gasteiger partial charge in [-0.2, -0.15) is 0 Å². The van der Waals surface area contributed by atoms with E-state index in [4.69, 9.17) is 14.2 Å². The van der Waals surface area contributed by atoms with Gasteiger partial charge in [-0.05, 0) is 86.8 Å². The van der Waals surface area contributed by atoms with Crippen LogP contribution in [-0.2, 0) is 31.7 Å². The van der Waals surface area contributed by atoms with Crippen LogP contribution < -0.4 is 18.5 Å². The molecule has 2 atom stereocenters. The zero-order valence-corrected chi connectivity index (χ0v) is 30.1. The van der Waals surface area contributed by atoms with Crippen molar-refractivity contribution >= 4 is 27.5 Å².